The number of rotatable bonds is 3. The lowest BCUT2D eigenvalue weighted by Crippen LogP contribution is -1.90. The molecule has 0 unspecified atom stereocenters. The second-order valence-electron chi connectivity index (χ2n) is 2.07. The quantitative estimate of drug-likeness (QED) is 0.557. The van der Waals surface area contributed by atoms with Crippen LogP contribution >= 0.6 is 11.6 Å². The van der Waals surface area contributed by atoms with Crippen molar-refractivity contribution in [2.75, 3.05) is 6.86 Å². The van der Waals surface area contributed by atoms with Gasteiger partial charge in [0.15, 0.2) is 0 Å². The van der Waals surface area contributed by atoms with Crippen LogP contribution in [0.5, 0.6) is 5.75 Å². The van der Waals surface area contributed by atoms with E-state index < -0.39 is 6.86 Å². The van der Waals surface area contributed by atoms with Crippen molar-refractivity contribution in [3.8, 4) is 5.75 Å². The molecular formula is C8H5ClFNO2. The third-order valence-corrected chi connectivity index (χ3v) is 1.61. The summed E-state index contributed by atoms with van der Waals surface area (Å²) in [5.41, 5.74) is 0.322. The number of benzene rings is 1. The highest BCUT2D eigenvalue weighted by Crippen LogP contribution is 2.28. The molecule has 0 radical (unpaired) electrons. The van der Waals surface area contributed by atoms with Crippen LogP contribution in [0.4, 0.5) is 10.1 Å². The topological polar surface area (TPSA) is 38.7 Å². The van der Waals surface area contributed by atoms with Gasteiger partial charge in [0, 0.05) is 6.07 Å². The summed E-state index contributed by atoms with van der Waals surface area (Å²) < 4.78 is 16.3. The molecule has 0 aliphatic carbocycles. The minimum absolute atomic E-state index is 0.153. The molecule has 0 saturated heterocycles. The standard InChI is InChI=1S/C8H5ClFNO2/c9-7-2-1-6(11-5-12)3-8(7)13-4-10/h1-3H,4H2. The number of nitrogens with zero attached hydrogens (tertiary/aromatic N) is 1. The van der Waals surface area contributed by atoms with E-state index >= 15 is 0 Å². The number of hydrogen-bond acceptors (Lipinski definition) is 3. The summed E-state index contributed by atoms with van der Waals surface area (Å²) in [6, 6.07) is 4.31. The summed E-state index contributed by atoms with van der Waals surface area (Å²) in [7, 11) is 0. The maximum atomic E-state index is 11.8. The molecular weight excluding hydrogens is 197 g/mol. The van der Waals surface area contributed by atoms with E-state index in [1.54, 1.807) is 0 Å². The van der Waals surface area contributed by atoms with Crippen LogP contribution < -0.4 is 4.74 Å². The van der Waals surface area contributed by atoms with Crippen LogP contribution in [0, 0.1) is 0 Å². The molecule has 0 aromatic heterocycles. The van der Waals surface area contributed by atoms with Gasteiger partial charge in [-0.3, -0.25) is 0 Å². The zero-order valence-corrected chi connectivity index (χ0v) is 7.21. The van der Waals surface area contributed by atoms with E-state index in [4.69, 9.17) is 11.6 Å². The Labute approximate surface area is 78.8 Å². The van der Waals surface area contributed by atoms with Crippen LogP contribution in [0.25, 0.3) is 0 Å². The van der Waals surface area contributed by atoms with Gasteiger partial charge in [-0.2, -0.15) is 4.99 Å². The van der Waals surface area contributed by atoms with E-state index in [-0.39, 0.29) is 10.8 Å². The fraction of sp³-hybridized carbons (Fsp3) is 0.125. The Morgan fingerprint density at radius 3 is 3.00 bits per heavy atom. The van der Waals surface area contributed by atoms with Crippen LogP contribution in [0.3, 0.4) is 0 Å². The summed E-state index contributed by atoms with van der Waals surface area (Å²) in [4.78, 5) is 13.2. The predicted molar refractivity (Wildman–Crippen MR) is 45.8 cm³/mol. The van der Waals surface area contributed by atoms with Crippen molar-refractivity contribution >= 4 is 23.4 Å². The maximum Gasteiger partial charge on any atom is 0.240 e. The van der Waals surface area contributed by atoms with Gasteiger partial charge >= 0.3 is 0 Å². The van der Waals surface area contributed by atoms with E-state index in [1.807, 2.05) is 0 Å². The molecule has 0 atom stereocenters. The van der Waals surface area contributed by atoms with Crippen molar-refractivity contribution in [1.82, 2.24) is 0 Å². The Hall–Kier alpha value is -1.38. The SMILES string of the molecule is O=C=Nc1ccc(Cl)c(OCF)c1. The Morgan fingerprint density at radius 1 is 1.62 bits per heavy atom. The fourth-order valence-corrected chi connectivity index (χ4v) is 0.956. The van der Waals surface area contributed by atoms with Crippen molar-refractivity contribution in [1.29, 1.82) is 0 Å². The summed E-state index contributed by atoms with van der Waals surface area (Å²) in [5.74, 6) is 0.153. The van der Waals surface area contributed by atoms with Crippen LogP contribution in [-0.4, -0.2) is 12.9 Å². The molecule has 0 fully saturated rings. The van der Waals surface area contributed by atoms with Crippen LogP contribution in [0.2, 0.25) is 5.02 Å². The number of alkyl halides is 1. The molecule has 13 heavy (non-hydrogen) atoms. The van der Waals surface area contributed by atoms with Gasteiger partial charge in [-0.25, -0.2) is 9.18 Å². The third kappa shape index (κ3) is 2.54. The van der Waals surface area contributed by atoms with Crippen LogP contribution in [-0.2, 0) is 4.79 Å². The number of halogens is 2. The second kappa shape index (κ2) is 4.60. The van der Waals surface area contributed by atoms with Crippen molar-refractivity contribution < 1.29 is 13.9 Å². The van der Waals surface area contributed by atoms with Gasteiger partial charge < -0.3 is 4.74 Å². The lowest BCUT2D eigenvalue weighted by molar-refractivity contribution is 0.192. The largest absolute Gasteiger partial charge is 0.461 e. The number of hydrogen-bond donors (Lipinski definition) is 0. The van der Waals surface area contributed by atoms with Gasteiger partial charge in [-0.1, -0.05) is 11.6 Å². The van der Waals surface area contributed by atoms with E-state index in [1.165, 1.54) is 24.3 Å². The third-order valence-electron chi connectivity index (χ3n) is 1.30. The van der Waals surface area contributed by atoms with E-state index in [0.29, 0.717) is 5.69 Å². The lowest BCUT2D eigenvalue weighted by Gasteiger charge is -2.03. The summed E-state index contributed by atoms with van der Waals surface area (Å²) in [6.45, 7) is -0.978. The first-order valence-corrected chi connectivity index (χ1v) is 3.72. The molecule has 0 N–H and O–H groups in total. The molecule has 1 rings (SSSR count). The predicted octanol–water partition coefficient (Wildman–Crippen LogP) is 2.61. The van der Waals surface area contributed by atoms with E-state index in [9.17, 15) is 9.18 Å². The zero-order chi connectivity index (χ0) is 9.68. The highest BCUT2D eigenvalue weighted by molar-refractivity contribution is 6.32. The van der Waals surface area contributed by atoms with Crippen molar-refractivity contribution in [2.45, 2.75) is 0 Å². The Kier molecular flexibility index (Phi) is 3.43. The van der Waals surface area contributed by atoms with Gasteiger partial charge in [0.05, 0.1) is 10.7 Å². The Bertz CT molecular complexity index is 350. The minimum atomic E-state index is -0.978. The highest BCUT2D eigenvalue weighted by Gasteiger charge is 2.02. The van der Waals surface area contributed by atoms with Gasteiger partial charge in [-0.05, 0) is 12.1 Å². The molecule has 1 aromatic rings. The first kappa shape index (κ1) is 9.71. The average Bonchev–Trinajstić information content (AvgIpc) is 2.12. The highest BCUT2D eigenvalue weighted by atomic mass is 35.5. The monoisotopic (exact) mass is 201 g/mol. The summed E-state index contributed by atoms with van der Waals surface area (Å²) in [6.07, 6.45) is 1.36. The molecule has 0 saturated carbocycles. The number of aliphatic imine (C=N–C) groups is 1. The smallest absolute Gasteiger partial charge is 0.240 e. The molecule has 3 nitrogen and oxygen atoms in total. The minimum Gasteiger partial charge on any atom is -0.461 e. The normalized spacial score (nSPS) is 9.08. The lowest BCUT2D eigenvalue weighted by atomic mass is 10.3. The first-order valence-electron chi connectivity index (χ1n) is 3.34. The summed E-state index contributed by atoms with van der Waals surface area (Å²) >= 11 is 5.64. The number of ether oxygens (including phenoxy) is 1. The maximum absolute atomic E-state index is 11.8. The Morgan fingerprint density at radius 2 is 2.38 bits per heavy atom. The molecule has 0 amide bonds. The van der Waals surface area contributed by atoms with Gasteiger partial charge in [0.2, 0.25) is 12.9 Å². The Balaban J connectivity index is 3.03. The van der Waals surface area contributed by atoms with Gasteiger partial charge in [0.25, 0.3) is 0 Å². The van der Waals surface area contributed by atoms with E-state index in [2.05, 4.69) is 9.73 Å². The fourth-order valence-electron chi connectivity index (χ4n) is 0.784. The average molecular weight is 202 g/mol. The van der Waals surface area contributed by atoms with Crippen LogP contribution in [0.15, 0.2) is 23.2 Å². The first-order chi connectivity index (χ1) is 6.27. The molecule has 0 bridgehead atoms. The van der Waals surface area contributed by atoms with Gasteiger partial charge in [-0.15, -0.1) is 0 Å². The van der Waals surface area contributed by atoms with Gasteiger partial charge in [0.1, 0.15) is 5.75 Å². The van der Waals surface area contributed by atoms with Crippen molar-refractivity contribution in [3.63, 3.8) is 0 Å². The summed E-state index contributed by atoms with van der Waals surface area (Å²) in [5, 5.41) is 0.266. The molecule has 1 aromatic carbocycles. The molecule has 0 heterocycles. The molecule has 0 aliphatic heterocycles. The zero-order valence-electron chi connectivity index (χ0n) is 6.46. The molecule has 0 aliphatic rings. The van der Waals surface area contributed by atoms with Crippen LogP contribution in [0.1, 0.15) is 0 Å². The number of isocyanates is 1. The molecule has 5 heteroatoms. The van der Waals surface area contributed by atoms with Crippen molar-refractivity contribution in [3.05, 3.63) is 23.2 Å². The van der Waals surface area contributed by atoms with Crippen molar-refractivity contribution in [2.24, 2.45) is 4.99 Å². The second-order valence-corrected chi connectivity index (χ2v) is 2.48. The molecule has 0 spiro atoms. The molecule has 68 valence electrons. The van der Waals surface area contributed by atoms with E-state index in [0.717, 1.165) is 0 Å². The number of carbonyl (C=O) groups excluding carboxylic acids is 1.